The second-order valence-corrected chi connectivity index (χ2v) is 6.66. The van der Waals surface area contributed by atoms with E-state index in [0.29, 0.717) is 31.2 Å². The first kappa shape index (κ1) is 19.3. The average Bonchev–Trinajstić information content (AvgIpc) is 3.42. The summed E-state index contributed by atoms with van der Waals surface area (Å²) in [5, 5.41) is 18.5. The molecule has 0 atom stereocenters. The molecule has 0 aliphatic rings. The molecule has 2 aromatic heterocycles. The third-order valence-electron chi connectivity index (χ3n) is 4.73. The monoisotopic (exact) mass is 399 g/mol. The molecular formula is C22H21N7O. The molecular weight excluding hydrogens is 378 g/mol. The Morgan fingerprint density at radius 3 is 2.47 bits per heavy atom. The topological polar surface area (TPSA) is 94.3 Å². The van der Waals surface area contributed by atoms with Gasteiger partial charge in [0.25, 0.3) is 0 Å². The number of aromatic amines is 1. The number of tetrazole rings is 1. The molecule has 4 aromatic rings. The number of hydrogen-bond acceptors (Lipinski definition) is 5. The van der Waals surface area contributed by atoms with Crippen molar-refractivity contribution >= 4 is 0 Å². The minimum absolute atomic E-state index is 0.148. The molecule has 0 spiro atoms. The van der Waals surface area contributed by atoms with Crippen molar-refractivity contribution in [3.8, 4) is 34.4 Å². The summed E-state index contributed by atoms with van der Waals surface area (Å²) >= 11 is 0. The molecule has 0 radical (unpaired) electrons. The molecule has 0 unspecified atom stereocenters. The van der Waals surface area contributed by atoms with Gasteiger partial charge in [0.05, 0.1) is 6.54 Å². The zero-order valence-electron chi connectivity index (χ0n) is 16.8. The van der Waals surface area contributed by atoms with E-state index < -0.39 is 0 Å². The van der Waals surface area contributed by atoms with Crippen molar-refractivity contribution in [3.63, 3.8) is 0 Å². The van der Waals surface area contributed by atoms with Crippen molar-refractivity contribution in [2.75, 3.05) is 0 Å². The number of benzene rings is 2. The number of aryl methyl sites for hydroxylation is 1. The highest BCUT2D eigenvalue weighted by Gasteiger charge is 2.13. The van der Waals surface area contributed by atoms with E-state index in [1.54, 1.807) is 4.57 Å². The fourth-order valence-corrected chi connectivity index (χ4v) is 3.24. The van der Waals surface area contributed by atoms with Gasteiger partial charge in [-0.1, -0.05) is 61.4 Å². The van der Waals surface area contributed by atoms with Gasteiger partial charge in [0, 0.05) is 18.5 Å². The molecule has 0 amide bonds. The van der Waals surface area contributed by atoms with E-state index in [1.165, 1.54) is 4.68 Å². The smallest absolute Gasteiger partial charge is 0.264 e. The van der Waals surface area contributed by atoms with Crippen LogP contribution in [0.4, 0.5) is 0 Å². The van der Waals surface area contributed by atoms with Crippen LogP contribution in [0.15, 0.2) is 53.3 Å². The molecule has 4 rings (SSSR count). The quantitative estimate of drug-likeness (QED) is 0.521. The van der Waals surface area contributed by atoms with Crippen LogP contribution in [0.5, 0.6) is 0 Å². The predicted octanol–water partition coefficient (Wildman–Crippen LogP) is 2.72. The number of nitrogens with zero attached hydrogens (tertiary/aromatic N) is 6. The standard InChI is InChI=1S/C22H21N7O/c1-3-5-10-20-25-29(4-2)22(30)28(20)15-16-11-13-17(14-12-16)18-8-6-7-9-19(18)21-23-26-27-24-21/h6-9,11-14H,3-4,15H2,1-2H3,(H,23,24,26,27). The summed E-state index contributed by atoms with van der Waals surface area (Å²) in [6.45, 7) is 4.79. The van der Waals surface area contributed by atoms with E-state index in [4.69, 9.17) is 0 Å². The molecule has 1 N–H and O–H groups in total. The number of H-pyrrole nitrogens is 1. The van der Waals surface area contributed by atoms with E-state index in [0.717, 1.165) is 22.3 Å². The van der Waals surface area contributed by atoms with Gasteiger partial charge >= 0.3 is 5.69 Å². The summed E-state index contributed by atoms with van der Waals surface area (Å²) < 4.78 is 3.06. The summed E-state index contributed by atoms with van der Waals surface area (Å²) in [5.74, 6) is 7.11. The van der Waals surface area contributed by atoms with E-state index in [9.17, 15) is 4.79 Å². The van der Waals surface area contributed by atoms with Gasteiger partial charge in [0.1, 0.15) is 0 Å². The molecule has 150 valence electrons. The van der Waals surface area contributed by atoms with Crippen LogP contribution in [-0.4, -0.2) is 35.0 Å². The molecule has 8 heteroatoms. The van der Waals surface area contributed by atoms with Crippen LogP contribution in [0.25, 0.3) is 22.5 Å². The van der Waals surface area contributed by atoms with Gasteiger partial charge in [0.15, 0.2) is 5.82 Å². The Bertz CT molecular complexity index is 1260. The van der Waals surface area contributed by atoms with Crippen LogP contribution in [-0.2, 0) is 13.1 Å². The maximum atomic E-state index is 12.6. The fourth-order valence-electron chi connectivity index (χ4n) is 3.24. The van der Waals surface area contributed by atoms with Gasteiger partial charge in [-0.15, -0.1) is 10.2 Å². The maximum Gasteiger partial charge on any atom is 0.347 e. The fraction of sp³-hybridized carbons (Fsp3) is 0.227. The summed E-state index contributed by atoms with van der Waals surface area (Å²) in [6.07, 6.45) is 0.710. The molecule has 0 aliphatic carbocycles. The average molecular weight is 399 g/mol. The Morgan fingerprint density at radius 2 is 1.80 bits per heavy atom. The minimum Gasteiger partial charge on any atom is -0.264 e. The molecule has 30 heavy (non-hydrogen) atoms. The third-order valence-corrected chi connectivity index (χ3v) is 4.73. The van der Waals surface area contributed by atoms with E-state index in [1.807, 2.05) is 62.4 Å². The Kier molecular flexibility index (Phi) is 5.52. The van der Waals surface area contributed by atoms with Gasteiger partial charge in [-0.05, 0) is 40.0 Å². The highest BCUT2D eigenvalue weighted by Crippen LogP contribution is 2.29. The van der Waals surface area contributed by atoms with Gasteiger partial charge in [-0.3, -0.25) is 4.57 Å². The van der Waals surface area contributed by atoms with E-state index in [2.05, 4.69) is 37.6 Å². The van der Waals surface area contributed by atoms with Crippen LogP contribution >= 0.6 is 0 Å². The zero-order valence-corrected chi connectivity index (χ0v) is 16.8. The molecule has 2 heterocycles. The lowest BCUT2D eigenvalue weighted by Crippen LogP contribution is -2.25. The van der Waals surface area contributed by atoms with Crippen molar-refractivity contribution in [1.29, 1.82) is 0 Å². The van der Waals surface area contributed by atoms with Crippen LogP contribution in [0.2, 0.25) is 0 Å². The Balaban J connectivity index is 1.65. The first-order valence-electron chi connectivity index (χ1n) is 9.80. The largest absolute Gasteiger partial charge is 0.347 e. The highest BCUT2D eigenvalue weighted by molar-refractivity contribution is 5.80. The first-order valence-corrected chi connectivity index (χ1v) is 9.80. The number of hydrogen-bond donors (Lipinski definition) is 1. The van der Waals surface area contributed by atoms with Gasteiger partial charge < -0.3 is 0 Å². The molecule has 0 saturated carbocycles. The summed E-state index contributed by atoms with van der Waals surface area (Å²) in [6, 6.07) is 16.0. The predicted molar refractivity (Wildman–Crippen MR) is 113 cm³/mol. The third kappa shape index (κ3) is 3.78. The van der Waals surface area contributed by atoms with Crippen LogP contribution < -0.4 is 5.69 Å². The van der Waals surface area contributed by atoms with Crippen molar-refractivity contribution in [1.82, 2.24) is 35.0 Å². The van der Waals surface area contributed by atoms with Crippen LogP contribution in [0.3, 0.4) is 0 Å². The van der Waals surface area contributed by atoms with Crippen LogP contribution in [0, 0.1) is 11.8 Å². The summed E-state index contributed by atoms with van der Waals surface area (Å²) in [4.78, 5) is 12.6. The lowest BCUT2D eigenvalue weighted by atomic mass is 9.98. The van der Waals surface area contributed by atoms with E-state index in [-0.39, 0.29) is 5.69 Å². The molecule has 8 nitrogen and oxygen atoms in total. The lowest BCUT2D eigenvalue weighted by molar-refractivity contribution is 0.615. The number of rotatable bonds is 5. The number of nitrogens with one attached hydrogen (secondary N) is 1. The summed E-state index contributed by atoms with van der Waals surface area (Å²) in [5.41, 5.74) is 3.83. The molecule has 0 aliphatic heterocycles. The normalized spacial score (nSPS) is 10.6. The van der Waals surface area contributed by atoms with Crippen molar-refractivity contribution in [2.45, 2.75) is 33.4 Å². The Hall–Kier alpha value is -3.99. The molecule has 2 aromatic carbocycles. The maximum absolute atomic E-state index is 12.6. The highest BCUT2D eigenvalue weighted by atomic mass is 16.2. The number of aromatic nitrogens is 7. The second kappa shape index (κ2) is 8.57. The molecule has 0 saturated heterocycles. The Labute approximate surface area is 173 Å². The SMILES string of the molecule is CCC#Cc1nn(CC)c(=O)n1Cc1ccc(-c2ccccc2-c2nnn[nH]2)cc1. The van der Waals surface area contributed by atoms with Gasteiger partial charge in [-0.25, -0.2) is 14.6 Å². The van der Waals surface area contributed by atoms with Crippen LogP contribution in [0.1, 0.15) is 31.7 Å². The zero-order chi connectivity index (χ0) is 20.9. The van der Waals surface area contributed by atoms with Gasteiger partial charge in [-0.2, -0.15) is 0 Å². The van der Waals surface area contributed by atoms with Crippen molar-refractivity contribution in [2.24, 2.45) is 0 Å². The molecule has 0 bridgehead atoms. The molecule has 0 fully saturated rings. The minimum atomic E-state index is -0.148. The summed E-state index contributed by atoms with van der Waals surface area (Å²) in [7, 11) is 0. The van der Waals surface area contributed by atoms with Gasteiger partial charge in [0.2, 0.25) is 5.82 Å². The second-order valence-electron chi connectivity index (χ2n) is 6.66. The van der Waals surface area contributed by atoms with E-state index >= 15 is 0 Å². The van der Waals surface area contributed by atoms with Crippen molar-refractivity contribution in [3.05, 3.63) is 70.4 Å². The first-order chi connectivity index (χ1) is 14.7. The Morgan fingerprint density at radius 1 is 1.03 bits per heavy atom. The van der Waals surface area contributed by atoms with Crippen molar-refractivity contribution < 1.29 is 0 Å². The lowest BCUT2D eigenvalue weighted by Gasteiger charge is -2.09.